The largest absolute Gasteiger partial charge is 0.481 e. The molecule has 38 heavy (non-hydrogen) atoms. The van der Waals surface area contributed by atoms with Crippen molar-refractivity contribution >= 4 is 5.97 Å². The van der Waals surface area contributed by atoms with Gasteiger partial charge in [0.25, 0.3) is 0 Å². The van der Waals surface area contributed by atoms with Crippen LogP contribution in [-0.4, -0.2) is 47.8 Å². The highest BCUT2D eigenvalue weighted by Gasteiger charge is 2.41. The van der Waals surface area contributed by atoms with Gasteiger partial charge in [-0.2, -0.15) is 0 Å². The summed E-state index contributed by atoms with van der Waals surface area (Å²) in [6, 6.07) is 28.0. The molecule has 1 unspecified atom stereocenters. The van der Waals surface area contributed by atoms with Gasteiger partial charge >= 0.3 is 5.97 Å². The fourth-order valence-electron chi connectivity index (χ4n) is 5.76. The maximum atomic E-state index is 12.1. The Labute approximate surface area is 227 Å². The summed E-state index contributed by atoms with van der Waals surface area (Å²) < 4.78 is 5.79. The first-order valence-corrected chi connectivity index (χ1v) is 13.7. The van der Waals surface area contributed by atoms with Crippen molar-refractivity contribution in [3.05, 3.63) is 107 Å². The molecule has 0 saturated carbocycles. The first-order valence-electron chi connectivity index (χ1n) is 13.7. The molecule has 1 saturated heterocycles. The lowest BCUT2D eigenvalue weighted by Gasteiger charge is -2.42. The van der Waals surface area contributed by atoms with E-state index in [0.717, 1.165) is 67.6 Å². The molecule has 5 heteroatoms. The van der Waals surface area contributed by atoms with E-state index in [1.807, 2.05) is 84.9 Å². The van der Waals surface area contributed by atoms with Crippen molar-refractivity contribution in [1.82, 2.24) is 4.90 Å². The maximum Gasteiger partial charge on any atom is 0.313 e. The number of ether oxygens (including phenoxy) is 1. The van der Waals surface area contributed by atoms with E-state index in [1.54, 1.807) is 21.0 Å². The van der Waals surface area contributed by atoms with Crippen LogP contribution in [0.4, 0.5) is 0 Å². The number of likely N-dealkylation sites (tertiary alicyclic amines) is 1. The lowest BCUT2D eigenvalue weighted by atomic mass is 9.72. The smallest absolute Gasteiger partial charge is 0.313 e. The normalized spacial score (nSPS) is 16.3. The molecule has 1 atom stereocenters. The SMILES string of the molecule is COC(CCCN1CCC(C(O)(c2ccccc2)c2ccccc2)CC1)c1ccc(C(C)(C)C(=O)O)cc1. The van der Waals surface area contributed by atoms with Gasteiger partial charge < -0.3 is 19.8 Å². The summed E-state index contributed by atoms with van der Waals surface area (Å²) in [5.41, 5.74) is 1.89. The summed E-state index contributed by atoms with van der Waals surface area (Å²) >= 11 is 0. The molecule has 3 aromatic carbocycles. The van der Waals surface area contributed by atoms with Crippen molar-refractivity contribution in [2.45, 2.75) is 56.7 Å². The van der Waals surface area contributed by atoms with Gasteiger partial charge in [-0.15, -0.1) is 0 Å². The van der Waals surface area contributed by atoms with Gasteiger partial charge in [-0.25, -0.2) is 0 Å². The van der Waals surface area contributed by atoms with Crippen LogP contribution in [-0.2, 0) is 20.5 Å². The predicted molar refractivity (Wildman–Crippen MR) is 151 cm³/mol. The minimum atomic E-state index is -0.989. The number of nitrogens with zero attached hydrogens (tertiary/aromatic N) is 1. The zero-order valence-corrected chi connectivity index (χ0v) is 22.8. The van der Waals surface area contributed by atoms with Gasteiger partial charge in [0.05, 0.1) is 11.5 Å². The average molecular weight is 516 g/mol. The zero-order chi connectivity index (χ0) is 27.2. The molecule has 0 bridgehead atoms. The number of carbonyl (C=O) groups is 1. The Morgan fingerprint density at radius 2 is 1.42 bits per heavy atom. The van der Waals surface area contributed by atoms with Crippen molar-refractivity contribution in [2.24, 2.45) is 5.92 Å². The molecule has 1 aliphatic heterocycles. The summed E-state index contributed by atoms with van der Waals surface area (Å²) in [5, 5.41) is 21.6. The molecular weight excluding hydrogens is 474 g/mol. The summed E-state index contributed by atoms with van der Waals surface area (Å²) in [7, 11) is 1.74. The van der Waals surface area contributed by atoms with E-state index in [9.17, 15) is 15.0 Å². The van der Waals surface area contributed by atoms with Gasteiger partial charge in [0.2, 0.25) is 0 Å². The van der Waals surface area contributed by atoms with Gasteiger partial charge in [0.1, 0.15) is 5.60 Å². The molecule has 0 spiro atoms. The van der Waals surface area contributed by atoms with Crippen molar-refractivity contribution in [3.8, 4) is 0 Å². The lowest BCUT2D eigenvalue weighted by molar-refractivity contribution is -0.142. The number of benzene rings is 3. The van der Waals surface area contributed by atoms with Crippen LogP contribution in [0.5, 0.6) is 0 Å². The van der Waals surface area contributed by atoms with Crippen LogP contribution in [0.3, 0.4) is 0 Å². The standard InChI is InChI=1S/C33H41NO4/c1-32(2,31(35)36)26-18-16-25(17-19-26)30(38-3)15-10-22-34-23-20-29(21-24-34)33(37,27-11-6-4-7-12-27)28-13-8-5-9-14-28/h4-9,11-14,16-19,29-30,37H,10,15,20-24H2,1-3H3,(H,35,36). The highest BCUT2D eigenvalue weighted by Crippen LogP contribution is 2.42. The van der Waals surface area contributed by atoms with Gasteiger partial charge in [-0.05, 0) is 87.3 Å². The quantitative estimate of drug-likeness (QED) is 0.320. The minimum absolute atomic E-state index is 0.0178. The number of carboxylic acid groups (broad SMARTS) is 1. The third-order valence-corrected chi connectivity index (χ3v) is 8.37. The molecule has 0 amide bonds. The third kappa shape index (κ3) is 6.01. The van der Waals surface area contributed by atoms with E-state index in [1.165, 1.54) is 0 Å². The van der Waals surface area contributed by atoms with Gasteiger partial charge in [-0.1, -0.05) is 84.9 Å². The van der Waals surface area contributed by atoms with Gasteiger partial charge in [-0.3, -0.25) is 4.79 Å². The summed E-state index contributed by atoms with van der Waals surface area (Å²) in [6.07, 6.45) is 3.77. The first kappa shape index (κ1) is 28.0. The molecule has 0 aromatic heterocycles. The van der Waals surface area contributed by atoms with Crippen LogP contribution >= 0.6 is 0 Å². The Hall–Kier alpha value is -2.99. The van der Waals surface area contributed by atoms with Crippen molar-refractivity contribution in [3.63, 3.8) is 0 Å². The van der Waals surface area contributed by atoms with E-state index in [4.69, 9.17) is 4.74 Å². The number of aliphatic carboxylic acids is 1. The Morgan fingerprint density at radius 3 is 1.89 bits per heavy atom. The molecule has 0 radical (unpaired) electrons. The maximum absolute atomic E-state index is 12.1. The van der Waals surface area contributed by atoms with Gasteiger partial charge in [0, 0.05) is 7.11 Å². The highest BCUT2D eigenvalue weighted by molar-refractivity contribution is 5.80. The van der Waals surface area contributed by atoms with E-state index in [-0.39, 0.29) is 12.0 Å². The average Bonchev–Trinajstić information content (AvgIpc) is 2.96. The molecule has 1 aliphatic rings. The number of carboxylic acids is 1. The van der Waals surface area contributed by atoms with Gasteiger partial charge in [0.15, 0.2) is 0 Å². The molecule has 4 rings (SSSR count). The second kappa shape index (κ2) is 12.2. The van der Waals surface area contributed by atoms with E-state index >= 15 is 0 Å². The van der Waals surface area contributed by atoms with Crippen LogP contribution in [0.2, 0.25) is 0 Å². The number of piperidine rings is 1. The molecule has 0 aliphatic carbocycles. The fraction of sp³-hybridized carbons (Fsp3) is 0.424. The summed E-state index contributed by atoms with van der Waals surface area (Å²) in [6.45, 7) is 6.36. The zero-order valence-electron chi connectivity index (χ0n) is 22.8. The minimum Gasteiger partial charge on any atom is -0.481 e. The van der Waals surface area contributed by atoms with Crippen molar-refractivity contribution in [1.29, 1.82) is 0 Å². The number of aliphatic hydroxyl groups is 1. The molecule has 3 aromatic rings. The van der Waals surface area contributed by atoms with E-state index in [0.29, 0.717) is 0 Å². The van der Waals surface area contributed by atoms with Crippen LogP contribution in [0, 0.1) is 5.92 Å². The topological polar surface area (TPSA) is 70.0 Å². The number of methoxy groups -OCH3 is 1. The number of rotatable bonds is 11. The summed E-state index contributed by atoms with van der Waals surface area (Å²) in [5.74, 6) is -0.674. The van der Waals surface area contributed by atoms with Crippen molar-refractivity contribution < 1.29 is 19.7 Å². The Balaban J connectivity index is 1.33. The van der Waals surface area contributed by atoms with Crippen LogP contribution < -0.4 is 0 Å². The van der Waals surface area contributed by atoms with Crippen LogP contribution in [0.25, 0.3) is 0 Å². The Morgan fingerprint density at radius 1 is 0.895 bits per heavy atom. The Bertz CT molecular complexity index is 1110. The highest BCUT2D eigenvalue weighted by atomic mass is 16.5. The predicted octanol–water partition coefficient (Wildman–Crippen LogP) is 6.16. The molecule has 2 N–H and O–H groups in total. The number of hydrogen-bond acceptors (Lipinski definition) is 4. The third-order valence-electron chi connectivity index (χ3n) is 8.37. The monoisotopic (exact) mass is 515 g/mol. The molecule has 202 valence electrons. The fourth-order valence-corrected chi connectivity index (χ4v) is 5.76. The van der Waals surface area contributed by atoms with E-state index in [2.05, 4.69) is 4.90 Å². The molecule has 1 heterocycles. The first-order chi connectivity index (χ1) is 18.3. The summed E-state index contributed by atoms with van der Waals surface area (Å²) in [4.78, 5) is 14.1. The van der Waals surface area contributed by atoms with Crippen LogP contribution in [0.1, 0.15) is 67.9 Å². The van der Waals surface area contributed by atoms with E-state index < -0.39 is 17.0 Å². The molecule has 1 fully saturated rings. The Kier molecular flexibility index (Phi) is 9.03. The number of hydrogen-bond donors (Lipinski definition) is 2. The van der Waals surface area contributed by atoms with Crippen molar-refractivity contribution in [2.75, 3.05) is 26.7 Å². The lowest BCUT2D eigenvalue weighted by Crippen LogP contribution is -2.44. The molecule has 5 nitrogen and oxygen atoms in total. The second-order valence-electron chi connectivity index (χ2n) is 11.0. The second-order valence-corrected chi connectivity index (χ2v) is 11.0. The molecular formula is C33H41NO4. The van der Waals surface area contributed by atoms with Crippen LogP contribution in [0.15, 0.2) is 84.9 Å².